The first-order valence-corrected chi connectivity index (χ1v) is 7.81. The summed E-state index contributed by atoms with van der Waals surface area (Å²) in [4.78, 5) is 12.3. The second kappa shape index (κ2) is 6.81. The molecule has 0 aliphatic rings. The minimum absolute atomic E-state index is 0.119. The molecule has 0 spiro atoms. The number of nitrogens with zero attached hydrogens (tertiary/aromatic N) is 2. The van der Waals surface area contributed by atoms with Crippen molar-refractivity contribution < 1.29 is 9.18 Å². The molecule has 1 aromatic heterocycles. The van der Waals surface area contributed by atoms with Gasteiger partial charge in [0.1, 0.15) is 11.3 Å². The van der Waals surface area contributed by atoms with E-state index >= 15 is 0 Å². The molecule has 7 heteroatoms. The quantitative estimate of drug-likeness (QED) is 0.860. The van der Waals surface area contributed by atoms with Gasteiger partial charge >= 0.3 is 0 Å². The Labute approximate surface area is 124 Å². The SMILES string of the molecule is CC(C)C(Sc1nncs1)C(=O)Nc1ccc(F)cc1. The number of thioether (sulfide) groups is 1. The normalized spacial score (nSPS) is 12.4. The smallest absolute Gasteiger partial charge is 0.238 e. The van der Waals surface area contributed by atoms with Crippen molar-refractivity contribution in [2.24, 2.45) is 5.92 Å². The molecular formula is C13H14FN3OS2. The van der Waals surface area contributed by atoms with Gasteiger partial charge in [0, 0.05) is 5.69 Å². The first-order chi connectivity index (χ1) is 9.56. The largest absolute Gasteiger partial charge is 0.325 e. The topological polar surface area (TPSA) is 54.9 Å². The fourth-order valence-electron chi connectivity index (χ4n) is 1.56. The second-order valence-electron chi connectivity index (χ2n) is 4.48. The van der Waals surface area contributed by atoms with Crippen LogP contribution in [-0.4, -0.2) is 21.4 Å². The van der Waals surface area contributed by atoms with Gasteiger partial charge in [-0.3, -0.25) is 4.79 Å². The molecule has 1 amide bonds. The average molecular weight is 311 g/mol. The van der Waals surface area contributed by atoms with Gasteiger partial charge in [0.05, 0.1) is 5.25 Å². The van der Waals surface area contributed by atoms with Crippen molar-refractivity contribution in [2.75, 3.05) is 5.32 Å². The molecule has 20 heavy (non-hydrogen) atoms. The molecule has 0 radical (unpaired) electrons. The lowest BCUT2D eigenvalue weighted by Crippen LogP contribution is -2.29. The van der Waals surface area contributed by atoms with Gasteiger partial charge in [0.2, 0.25) is 5.91 Å². The third-order valence-electron chi connectivity index (χ3n) is 2.54. The van der Waals surface area contributed by atoms with Crippen LogP contribution in [-0.2, 0) is 4.79 Å². The Kier molecular flexibility index (Phi) is 5.08. The predicted molar refractivity (Wildman–Crippen MR) is 79.4 cm³/mol. The summed E-state index contributed by atoms with van der Waals surface area (Å²) in [7, 11) is 0. The number of hydrogen-bond acceptors (Lipinski definition) is 5. The van der Waals surface area contributed by atoms with Crippen LogP contribution in [0.1, 0.15) is 13.8 Å². The monoisotopic (exact) mass is 311 g/mol. The van der Waals surface area contributed by atoms with Gasteiger partial charge in [0.25, 0.3) is 0 Å². The maximum absolute atomic E-state index is 12.8. The highest BCUT2D eigenvalue weighted by Crippen LogP contribution is 2.29. The maximum atomic E-state index is 12.8. The number of carbonyl (C=O) groups excluding carboxylic acids is 1. The molecule has 0 bridgehead atoms. The molecule has 0 saturated carbocycles. The van der Waals surface area contributed by atoms with Gasteiger partial charge < -0.3 is 5.32 Å². The summed E-state index contributed by atoms with van der Waals surface area (Å²) in [6.45, 7) is 3.95. The lowest BCUT2D eigenvalue weighted by atomic mass is 10.1. The Morgan fingerprint density at radius 1 is 1.35 bits per heavy atom. The summed E-state index contributed by atoms with van der Waals surface area (Å²) in [6, 6.07) is 5.72. The minimum Gasteiger partial charge on any atom is -0.325 e. The van der Waals surface area contributed by atoms with E-state index in [9.17, 15) is 9.18 Å². The van der Waals surface area contributed by atoms with Crippen molar-refractivity contribution in [1.82, 2.24) is 10.2 Å². The summed E-state index contributed by atoms with van der Waals surface area (Å²) in [6.07, 6.45) is 0. The van der Waals surface area contributed by atoms with E-state index in [1.807, 2.05) is 13.8 Å². The Balaban J connectivity index is 2.05. The van der Waals surface area contributed by atoms with E-state index in [1.54, 1.807) is 17.6 Å². The second-order valence-corrected chi connectivity index (χ2v) is 6.71. The molecule has 0 aliphatic carbocycles. The number of halogens is 1. The zero-order valence-electron chi connectivity index (χ0n) is 11.0. The molecule has 0 fully saturated rings. The number of rotatable bonds is 5. The van der Waals surface area contributed by atoms with Crippen molar-refractivity contribution in [3.05, 3.63) is 35.6 Å². The lowest BCUT2D eigenvalue weighted by molar-refractivity contribution is -0.116. The van der Waals surface area contributed by atoms with Crippen LogP contribution in [0, 0.1) is 11.7 Å². The Morgan fingerprint density at radius 3 is 2.60 bits per heavy atom. The molecule has 0 saturated heterocycles. The molecule has 1 heterocycles. The van der Waals surface area contributed by atoms with Crippen molar-refractivity contribution in [2.45, 2.75) is 23.4 Å². The number of benzene rings is 1. The number of anilines is 1. The summed E-state index contributed by atoms with van der Waals surface area (Å²) in [5.74, 6) is -0.303. The van der Waals surface area contributed by atoms with Crippen LogP contribution in [0.3, 0.4) is 0 Å². The molecular weight excluding hydrogens is 297 g/mol. The fourth-order valence-corrected chi connectivity index (χ4v) is 3.25. The van der Waals surface area contributed by atoms with Gasteiger partial charge in [-0.1, -0.05) is 36.9 Å². The van der Waals surface area contributed by atoms with Gasteiger partial charge in [-0.2, -0.15) is 0 Å². The number of nitrogens with one attached hydrogen (secondary N) is 1. The highest BCUT2D eigenvalue weighted by atomic mass is 32.2. The average Bonchev–Trinajstić information content (AvgIpc) is 2.91. The number of hydrogen-bond donors (Lipinski definition) is 1. The van der Waals surface area contributed by atoms with E-state index in [2.05, 4.69) is 15.5 Å². The van der Waals surface area contributed by atoms with Crippen LogP contribution in [0.15, 0.2) is 34.1 Å². The number of amides is 1. The summed E-state index contributed by atoms with van der Waals surface area (Å²) < 4.78 is 13.6. The van der Waals surface area contributed by atoms with Crippen molar-refractivity contribution in [3.8, 4) is 0 Å². The van der Waals surface area contributed by atoms with Crippen LogP contribution in [0.25, 0.3) is 0 Å². The van der Waals surface area contributed by atoms with Gasteiger partial charge in [0.15, 0.2) is 4.34 Å². The van der Waals surface area contributed by atoms with Crippen LogP contribution in [0.4, 0.5) is 10.1 Å². The molecule has 1 atom stereocenters. The zero-order chi connectivity index (χ0) is 14.5. The highest BCUT2D eigenvalue weighted by molar-refractivity contribution is 8.02. The first-order valence-electron chi connectivity index (χ1n) is 6.05. The third kappa shape index (κ3) is 4.01. The standard InChI is InChI=1S/C13H14FN3OS2/c1-8(2)11(20-13-17-15-7-19-13)12(18)16-10-5-3-9(14)4-6-10/h3-8,11H,1-2H3,(H,16,18). The number of aromatic nitrogens is 2. The van der Waals surface area contributed by atoms with Gasteiger partial charge in [-0.15, -0.1) is 10.2 Å². The molecule has 1 N–H and O–H groups in total. The van der Waals surface area contributed by atoms with E-state index in [-0.39, 0.29) is 22.9 Å². The summed E-state index contributed by atoms with van der Waals surface area (Å²) >= 11 is 2.80. The summed E-state index contributed by atoms with van der Waals surface area (Å²) in [5.41, 5.74) is 2.22. The van der Waals surface area contributed by atoms with Crippen LogP contribution < -0.4 is 5.32 Å². The lowest BCUT2D eigenvalue weighted by Gasteiger charge is -2.18. The van der Waals surface area contributed by atoms with Crippen LogP contribution in [0.2, 0.25) is 0 Å². The van der Waals surface area contributed by atoms with Crippen molar-refractivity contribution in [1.29, 1.82) is 0 Å². The minimum atomic E-state index is -0.327. The predicted octanol–water partition coefficient (Wildman–Crippen LogP) is 3.43. The zero-order valence-corrected chi connectivity index (χ0v) is 12.7. The van der Waals surface area contributed by atoms with Crippen molar-refractivity contribution >= 4 is 34.7 Å². The molecule has 2 aromatic rings. The van der Waals surface area contributed by atoms with E-state index in [4.69, 9.17) is 0 Å². The molecule has 1 aromatic carbocycles. The van der Waals surface area contributed by atoms with E-state index in [1.165, 1.54) is 35.2 Å². The van der Waals surface area contributed by atoms with Crippen LogP contribution in [0.5, 0.6) is 0 Å². The molecule has 1 unspecified atom stereocenters. The van der Waals surface area contributed by atoms with Gasteiger partial charge in [-0.25, -0.2) is 4.39 Å². The van der Waals surface area contributed by atoms with E-state index in [0.29, 0.717) is 5.69 Å². The maximum Gasteiger partial charge on any atom is 0.238 e. The molecule has 106 valence electrons. The molecule has 2 rings (SSSR count). The van der Waals surface area contributed by atoms with Gasteiger partial charge in [-0.05, 0) is 30.2 Å². The third-order valence-corrected chi connectivity index (χ3v) is 4.90. The number of carbonyl (C=O) groups is 1. The van der Waals surface area contributed by atoms with Crippen LogP contribution >= 0.6 is 23.1 Å². The van der Waals surface area contributed by atoms with E-state index < -0.39 is 0 Å². The van der Waals surface area contributed by atoms with E-state index in [0.717, 1.165) is 4.34 Å². The molecule has 0 aliphatic heterocycles. The molecule has 4 nitrogen and oxygen atoms in total. The first kappa shape index (κ1) is 14.9. The Morgan fingerprint density at radius 2 is 2.05 bits per heavy atom. The Hall–Kier alpha value is -1.47. The highest BCUT2D eigenvalue weighted by Gasteiger charge is 2.24. The fraction of sp³-hybridized carbons (Fsp3) is 0.308. The van der Waals surface area contributed by atoms with Crippen molar-refractivity contribution in [3.63, 3.8) is 0 Å². The summed E-state index contributed by atoms with van der Waals surface area (Å²) in [5, 5.41) is 10.2. The Bertz CT molecular complexity index is 558.